The van der Waals surface area contributed by atoms with Crippen LogP contribution < -0.4 is 5.32 Å². The van der Waals surface area contributed by atoms with E-state index in [1.807, 2.05) is 0 Å². The predicted molar refractivity (Wildman–Crippen MR) is 115 cm³/mol. The van der Waals surface area contributed by atoms with Gasteiger partial charge >= 0.3 is 5.97 Å². The Morgan fingerprint density at radius 3 is 2.44 bits per heavy atom. The summed E-state index contributed by atoms with van der Waals surface area (Å²) in [5, 5.41) is 13.4. The van der Waals surface area contributed by atoms with Gasteiger partial charge in [-0.05, 0) is 44.0 Å². The number of halogens is 2. The molecule has 1 aliphatic heterocycles. The number of piperidine rings is 1. The van der Waals surface area contributed by atoms with Gasteiger partial charge in [0.15, 0.2) is 18.2 Å². The fourth-order valence-corrected chi connectivity index (χ4v) is 4.94. The van der Waals surface area contributed by atoms with Crippen molar-refractivity contribution < 1.29 is 36.4 Å². The summed E-state index contributed by atoms with van der Waals surface area (Å²) in [7, 11) is -4.06. The molecule has 1 saturated heterocycles. The van der Waals surface area contributed by atoms with Crippen LogP contribution in [0.25, 0.3) is 0 Å². The third-order valence-corrected chi connectivity index (χ3v) is 7.25. The lowest BCUT2D eigenvalue weighted by Gasteiger charge is -2.30. The summed E-state index contributed by atoms with van der Waals surface area (Å²) in [6.45, 7) is 0.856. The Kier molecular flexibility index (Phi) is 7.57. The van der Waals surface area contributed by atoms with Crippen LogP contribution in [0.2, 0.25) is 0 Å². The van der Waals surface area contributed by atoms with Crippen LogP contribution in [0.3, 0.4) is 0 Å². The lowest BCUT2D eigenvalue weighted by Crippen LogP contribution is -2.41. The van der Waals surface area contributed by atoms with Gasteiger partial charge in [-0.15, -0.1) is 0 Å². The van der Waals surface area contributed by atoms with E-state index in [0.717, 1.165) is 16.4 Å². The van der Waals surface area contributed by atoms with Crippen LogP contribution in [0.4, 0.5) is 20.2 Å². The number of sulfonamides is 1. The number of nitro benzene ring substituents is 1. The molecule has 0 aliphatic carbocycles. The van der Waals surface area contributed by atoms with Crippen LogP contribution in [-0.2, 0) is 24.3 Å². The van der Waals surface area contributed by atoms with Crippen molar-refractivity contribution >= 4 is 33.3 Å². The van der Waals surface area contributed by atoms with Crippen molar-refractivity contribution in [3.63, 3.8) is 0 Å². The maximum atomic E-state index is 13.4. The molecular weight excluding hydrogens is 476 g/mol. The second kappa shape index (κ2) is 10.2. The number of amides is 1. The van der Waals surface area contributed by atoms with Crippen molar-refractivity contribution in [3.05, 3.63) is 63.7 Å². The number of ether oxygens (including phenoxy) is 1. The molecule has 0 radical (unpaired) electrons. The van der Waals surface area contributed by atoms with E-state index in [-0.39, 0.29) is 42.2 Å². The van der Waals surface area contributed by atoms with E-state index in [1.54, 1.807) is 6.92 Å². The minimum absolute atomic E-state index is 0.0413. The van der Waals surface area contributed by atoms with E-state index in [4.69, 9.17) is 4.74 Å². The number of esters is 1. The standard InChI is InChI=1S/C21H21F2N3O7S/c1-13-2-3-15(10-19(13)26(29)30)24-20(27)12-33-21(28)14-6-8-25(9-7-14)34(31,32)16-4-5-17(22)18(23)11-16/h2-5,10-11,14H,6-9,12H2,1H3,(H,24,27). The maximum absolute atomic E-state index is 13.4. The smallest absolute Gasteiger partial charge is 0.309 e. The highest BCUT2D eigenvalue weighted by Crippen LogP contribution is 2.26. The van der Waals surface area contributed by atoms with Crippen molar-refractivity contribution in [2.45, 2.75) is 24.7 Å². The molecule has 2 aromatic carbocycles. The monoisotopic (exact) mass is 497 g/mol. The number of rotatable bonds is 7. The zero-order valence-electron chi connectivity index (χ0n) is 18.0. The molecule has 0 aromatic heterocycles. The highest BCUT2D eigenvalue weighted by molar-refractivity contribution is 7.89. The van der Waals surface area contributed by atoms with E-state index < -0.39 is 51.0 Å². The van der Waals surface area contributed by atoms with E-state index in [2.05, 4.69) is 5.32 Å². The first-order valence-corrected chi connectivity index (χ1v) is 11.6. The summed E-state index contributed by atoms with van der Waals surface area (Å²) in [6, 6.07) is 6.44. The number of hydrogen-bond donors (Lipinski definition) is 1. The van der Waals surface area contributed by atoms with Gasteiger partial charge in [0, 0.05) is 30.4 Å². The van der Waals surface area contributed by atoms with Gasteiger partial charge in [-0.1, -0.05) is 6.07 Å². The molecule has 0 bridgehead atoms. The molecule has 182 valence electrons. The molecule has 1 aliphatic rings. The summed E-state index contributed by atoms with van der Waals surface area (Å²) in [4.78, 5) is 34.4. The Labute approximate surface area is 193 Å². The SMILES string of the molecule is Cc1ccc(NC(=O)COC(=O)C2CCN(S(=O)(=O)c3ccc(F)c(F)c3)CC2)cc1[N+](=O)[O-]. The van der Waals surface area contributed by atoms with Gasteiger partial charge in [0.2, 0.25) is 10.0 Å². The predicted octanol–water partition coefficient (Wildman–Crippen LogP) is 2.76. The summed E-state index contributed by atoms with van der Waals surface area (Å²) in [6.07, 6.45) is 0.237. The molecular formula is C21H21F2N3O7S. The molecule has 1 heterocycles. The zero-order valence-corrected chi connectivity index (χ0v) is 18.8. The first kappa shape index (κ1) is 25.2. The van der Waals surface area contributed by atoms with Crippen molar-refractivity contribution in [1.82, 2.24) is 4.31 Å². The number of nitrogens with zero attached hydrogens (tertiary/aromatic N) is 2. The van der Waals surface area contributed by atoms with Gasteiger partial charge in [-0.2, -0.15) is 4.31 Å². The minimum Gasteiger partial charge on any atom is -0.455 e. The van der Waals surface area contributed by atoms with Gasteiger partial charge in [0.25, 0.3) is 11.6 Å². The quantitative estimate of drug-likeness (QED) is 0.353. The van der Waals surface area contributed by atoms with E-state index in [1.165, 1.54) is 18.2 Å². The van der Waals surface area contributed by atoms with E-state index in [0.29, 0.717) is 11.6 Å². The lowest BCUT2D eigenvalue weighted by molar-refractivity contribution is -0.385. The molecule has 3 rings (SSSR count). The molecule has 0 atom stereocenters. The van der Waals surface area contributed by atoms with E-state index in [9.17, 15) is 36.9 Å². The average molecular weight is 497 g/mol. The summed E-state index contributed by atoms with van der Waals surface area (Å²) >= 11 is 0. The molecule has 2 aromatic rings. The van der Waals surface area contributed by atoms with Crippen molar-refractivity contribution in [1.29, 1.82) is 0 Å². The number of carbonyl (C=O) groups excluding carboxylic acids is 2. The lowest BCUT2D eigenvalue weighted by atomic mass is 9.98. The second-order valence-corrected chi connectivity index (χ2v) is 9.61. The number of aryl methyl sites for hydroxylation is 1. The van der Waals surface area contributed by atoms with Gasteiger partial charge < -0.3 is 10.1 Å². The fraction of sp³-hybridized carbons (Fsp3) is 0.333. The van der Waals surface area contributed by atoms with Crippen LogP contribution in [0.1, 0.15) is 18.4 Å². The Bertz CT molecular complexity index is 1230. The number of hydrogen-bond acceptors (Lipinski definition) is 7. The first-order valence-electron chi connectivity index (χ1n) is 10.2. The number of nitrogens with one attached hydrogen (secondary N) is 1. The topological polar surface area (TPSA) is 136 Å². The second-order valence-electron chi connectivity index (χ2n) is 7.67. The van der Waals surface area contributed by atoms with Gasteiger partial charge in [-0.25, -0.2) is 17.2 Å². The molecule has 34 heavy (non-hydrogen) atoms. The Balaban J connectivity index is 1.51. The first-order chi connectivity index (χ1) is 16.0. The molecule has 1 amide bonds. The summed E-state index contributed by atoms with van der Waals surface area (Å²) in [5.74, 6) is -4.47. The molecule has 0 unspecified atom stereocenters. The van der Waals surface area contributed by atoms with Gasteiger partial charge in [-0.3, -0.25) is 19.7 Å². The Morgan fingerprint density at radius 2 is 1.82 bits per heavy atom. The van der Waals surface area contributed by atoms with Crippen LogP contribution in [0, 0.1) is 34.6 Å². The fourth-order valence-electron chi connectivity index (χ4n) is 3.45. The van der Waals surface area contributed by atoms with Crippen molar-refractivity contribution in [3.8, 4) is 0 Å². The third-order valence-electron chi connectivity index (χ3n) is 5.35. The largest absolute Gasteiger partial charge is 0.455 e. The number of carbonyl (C=O) groups is 2. The molecule has 13 heteroatoms. The Hall–Kier alpha value is -3.45. The summed E-state index contributed by atoms with van der Waals surface area (Å²) in [5.41, 5.74) is 0.432. The van der Waals surface area contributed by atoms with Crippen molar-refractivity contribution in [2.24, 2.45) is 5.92 Å². The van der Waals surface area contributed by atoms with E-state index >= 15 is 0 Å². The average Bonchev–Trinajstić information content (AvgIpc) is 2.80. The highest BCUT2D eigenvalue weighted by atomic mass is 32.2. The molecule has 1 fully saturated rings. The zero-order chi connectivity index (χ0) is 25.0. The maximum Gasteiger partial charge on any atom is 0.309 e. The summed E-state index contributed by atoms with van der Waals surface area (Å²) < 4.78 is 57.9. The molecule has 0 saturated carbocycles. The minimum atomic E-state index is -4.06. The van der Waals surface area contributed by atoms with Crippen LogP contribution >= 0.6 is 0 Å². The van der Waals surface area contributed by atoms with Crippen LogP contribution in [-0.4, -0.2) is 49.2 Å². The van der Waals surface area contributed by atoms with Gasteiger partial charge in [0.1, 0.15) is 0 Å². The normalized spacial score (nSPS) is 15.0. The molecule has 1 N–H and O–H groups in total. The highest BCUT2D eigenvalue weighted by Gasteiger charge is 2.33. The number of nitro groups is 1. The van der Waals surface area contributed by atoms with Crippen LogP contribution in [0.15, 0.2) is 41.3 Å². The van der Waals surface area contributed by atoms with Crippen molar-refractivity contribution in [2.75, 3.05) is 25.0 Å². The molecule has 10 nitrogen and oxygen atoms in total. The van der Waals surface area contributed by atoms with Crippen LogP contribution in [0.5, 0.6) is 0 Å². The Morgan fingerprint density at radius 1 is 1.15 bits per heavy atom. The van der Waals surface area contributed by atoms with Gasteiger partial charge in [0.05, 0.1) is 15.7 Å². The third kappa shape index (κ3) is 5.72. The number of benzene rings is 2. The molecule has 0 spiro atoms. The number of anilines is 1.